The Bertz CT molecular complexity index is 1590. The number of carbonyl (C=O) groups excluding carboxylic acids is 1. The molecule has 2 aliphatic heterocycles. The normalized spacial score (nSPS) is 18.4. The number of para-hydroxylation sites is 2. The standard InChI is InChI=1S/C31H34N4O3/c1-20(2)38-31-29-25-19-35(27-12-8-6-10-23(25)27)15-16-37-21(17-33(3)4)13-14-34-18-24(28(29)30(36)32-31)22-9-5-7-11-26(22)34/h5-12,18-21H,13-17H2,1-4H3. The Morgan fingerprint density at radius 2 is 1.55 bits per heavy atom. The highest BCUT2D eigenvalue weighted by molar-refractivity contribution is 6.49. The first kappa shape index (κ1) is 24.6. The Hall–Kier alpha value is -3.68. The zero-order valence-electron chi connectivity index (χ0n) is 22.5. The smallest absolute Gasteiger partial charge is 0.281 e. The molecule has 0 N–H and O–H groups in total. The maximum Gasteiger partial charge on any atom is 0.281 e. The number of aliphatic imine (C=N–C) groups is 1. The first-order valence-electron chi connectivity index (χ1n) is 13.4. The van der Waals surface area contributed by atoms with Gasteiger partial charge in [-0.1, -0.05) is 36.4 Å². The fourth-order valence-electron chi connectivity index (χ4n) is 5.72. The molecule has 4 aromatic rings. The number of hydrogen-bond acceptors (Lipinski definition) is 4. The molecule has 0 fully saturated rings. The molecule has 0 radical (unpaired) electrons. The van der Waals surface area contributed by atoms with Crippen LogP contribution in [-0.2, 0) is 27.4 Å². The van der Waals surface area contributed by atoms with E-state index in [1.807, 2.05) is 32.0 Å². The second-order valence-electron chi connectivity index (χ2n) is 10.7. The number of nitrogens with zero attached hydrogens (tertiary/aromatic N) is 4. The Labute approximate surface area is 223 Å². The molecule has 1 unspecified atom stereocenters. The first-order chi connectivity index (χ1) is 18.4. The van der Waals surface area contributed by atoms with Gasteiger partial charge in [0, 0.05) is 65.0 Å². The van der Waals surface area contributed by atoms with Crippen LogP contribution in [0.1, 0.15) is 31.4 Å². The predicted molar refractivity (Wildman–Crippen MR) is 152 cm³/mol. The highest BCUT2D eigenvalue weighted by Crippen LogP contribution is 2.41. The molecule has 38 heavy (non-hydrogen) atoms. The van der Waals surface area contributed by atoms with E-state index in [-0.39, 0.29) is 18.1 Å². The molecule has 0 aliphatic carbocycles. The van der Waals surface area contributed by atoms with E-state index in [9.17, 15) is 4.79 Å². The summed E-state index contributed by atoms with van der Waals surface area (Å²) in [6.45, 7) is 6.88. The third-order valence-corrected chi connectivity index (χ3v) is 7.29. The second kappa shape index (κ2) is 9.89. The van der Waals surface area contributed by atoms with Gasteiger partial charge < -0.3 is 23.5 Å². The van der Waals surface area contributed by atoms with Crippen molar-refractivity contribution in [3.8, 4) is 0 Å². The number of benzene rings is 2. The van der Waals surface area contributed by atoms with Gasteiger partial charge in [0.15, 0.2) is 0 Å². The second-order valence-corrected chi connectivity index (χ2v) is 10.7. The number of hydrogen-bond donors (Lipinski definition) is 0. The average Bonchev–Trinajstić information content (AvgIpc) is 3.52. The summed E-state index contributed by atoms with van der Waals surface area (Å²) in [6, 6.07) is 16.6. The van der Waals surface area contributed by atoms with Crippen LogP contribution in [0, 0.1) is 0 Å². The van der Waals surface area contributed by atoms with E-state index in [4.69, 9.17) is 9.47 Å². The molecule has 0 saturated heterocycles. The summed E-state index contributed by atoms with van der Waals surface area (Å²) in [5, 5.41) is 2.11. The van der Waals surface area contributed by atoms with Gasteiger partial charge in [-0.25, -0.2) is 0 Å². The summed E-state index contributed by atoms with van der Waals surface area (Å²) in [4.78, 5) is 20.3. The molecule has 0 saturated carbocycles. The zero-order chi connectivity index (χ0) is 26.4. The van der Waals surface area contributed by atoms with Crippen molar-refractivity contribution in [2.75, 3.05) is 27.2 Å². The van der Waals surface area contributed by atoms with Gasteiger partial charge in [-0.3, -0.25) is 4.79 Å². The Balaban J connectivity index is 1.63. The van der Waals surface area contributed by atoms with E-state index in [0.29, 0.717) is 24.6 Å². The summed E-state index contributed by atoms with van der Waals surface area (Å²) in [7, 11) is 4.17. The van der Waals surface area contributed by atoms with E-state index in [0.717, 1.165) is 58.0 Å². The van der Waals surface area contributed by atoms with E-state index < -0.39 is 0 Å². The van der Waals surface area contributed by atoms with Crippen molar-refractivity contribution in [3.63, 3.8) is 0 Å². The van der Waals surface area contributed by atoms with E-state index in [1.165, 1.54) is 0 Å². The van der Waals surface area contributed by atoms with Gasteiger partial charge in [-0.05, 0) is 46.5 Å². The minimum absolute atomic E-state index is 0.0936. The summed E-state index contributed by atoms with van der Waals surface area (Å²) < 4.78 is 17.1. The van der Waals surface area contributed by atoms with Gasteiger partial charge >= 0.3 is 0 Å². The van der Waals surface area contributed by atoms with Crippen LogP contribution in [-0.4, -0.2) is 65.3 Å². The molecule has 196 valence electrons. The molecule has 2 aromatic carbocycles. The Morgan fingerprint density at radius 1 is 0.947 bits per heavy atom. The monoisotopic (exact) mass is 510 g/mol. The lowest BCUT2D eigenvalue weighted by molar-refractivity contribution is -0.112. The molecule has 1 atom stereocenters. The van der Waals surface area contributed by atoms with Crippen LogP contribution in [0.5, 0.6) is 0 Å². The molecule has 4 bridgehead atoms. The Morgan fingerprint density at radius 3 is 2.18 bits per heavy atom. The number of fused-ring (bicyclic) bond motifs is 12. The van der Waals surface area contributed by atoms with Crippen molar-refractivity contribution >= 4 is 44.8 Å². The topological polar surface area (TPSA) is 61.0 Å². The van der Waals surface area contributed by atoms with Crippen molar-refractivity contribution in [2.24, 2.45) is 4.99 Å². The molecule has 4 heterocycles. The van der Waals surface area contributed by atoms with Crippen LogP contribution in [0.3, 0.4) is 0 Å². The molecular formula is C31H34N4O3. The van der Waals surface area contributed by atoms with Crippen LogP contribution in [0.25, 0.3) is 33.0 Å². The maximum atomic E-state index is 13.6. The lowest BCUT2D eigenvalue weighted by Gasteiger charge is -2.22. The summed E-state index contributed by atoms with van der Waals surface area (Å²) in [5.74, 6) is 0.144. The number of rotatable bonds is 3. The number of likely N-dealkylation sites (N-methyl/N-ethyl adjacent to an activating group) is 1. The first-order valence-corrected chi connectivity index (χ1v) is 13.4. The molecule has 1 amide bonds. The number of aryl methyl sites for hydroxylation is 1. The highest BCUT2D eigenvalue weighted by Gasteiger charge is 2.34. The average molecular weight is 511 g/mol. The Kier molecular flexibility index (Phi) is 6.41. The molecule has 2 aromatic heterocycles. The number of aromatic nitrogens is 2. The quantitative estimate of drug-likeness (QED) is 0.379. The summed E-state index contributed by atoms with van der Waals surface area (Å²) in [6.07, 6.45) is 5.09. The molecular weight excluding hydrogens is 476 g/mol. The lowest BCUT2D eigenvalue weighted by Crippen LogP contribution is -2.30. The fraction of sp³-hybridized carbons (Fsp3) is 0.355. The highest BCUT2D eigenvalue weighted by atomic mass is 16.5. The van der Waals surface area contributed by atoms with Gasteiger partial charge in [0.05, 0.1) is 30.0 Å². The van der Waals surface area contributed by atoms with Crippen molar-refractivity contribution in [1.29, 1.82) is 0 Å². The lowest BCUT2D eigenvalue weighted by atomic mass is 9.95. The van der Waals surface area contributed by atoms with Crippen LogP contribution >= 0.6 is 0 Å². The van der Waals surface area contributed by atoms with Crippen molar-refractivity contribution < 1.29 is 14.3 Å². The maximum absolute atomic E-state index is 13.6. The van der Waals surface area contributed by atoms with Crippen LogP contribution in [0.2, 0.25) is 0 Å². The van der Waals surface area contributed by atoms with Crippen molar-refractivity contribution in [2.45, 2.75) is 45.6 Å². The SMILES string of the molecule is CC(C)OC1=NC(=O)C2=C1c1cn(c3ccccc13)CCOC(CN(C)C)CCn1cc2c2ccccc21. The van der Waals surface area contributed by atoms with Gasteiger partial charge in [-0.15, -0.1) is 0 Å². The number of ether oxygens (including phenoxy) is 2. The summed E-state index contributed by atoms with van der Waals surface area (Å²) in [5.41, 5.74) is 5.43. The van der Waals surface area contributed by atoms with Crippen LogP contribution in [0.4, 0.5) is 0 Å². The van der Waals surface area contributed by atoms with E-state index >= 15 is 0 Å². The van der Waals surface area contributed by atoms with Crippen LogP contribution in [0.15, 0.2) is 65.9 Å². The zero-order valence-corrected chi connectivity index (χ0v) is 22.5. The molecule has 7 nitrogen and oxygen atoms in total. The predicted octanol–water partition coefficient (Wildman–Crippen LogP) is 5.22. The number of carbonyl (C=O) groups is 1. The molecule has 0 spiro atoms. The number of amides is 1. The largest absolute Gasteiger partial charge is 0.474 e. The minimum atomic E-state index is -0.253. The molecule has 6 rings (SSSR count). The van der Waals surface area contributed by atoms with Crippen LogP contribution < -0.4 is 0 Å². The van der Waals surface area contributed by atoms with Crippen molar-refractivity contribution in [1.82, 2.24) is 14.0 Å². The molecule has 7 heteroatoms. The van der Waals surface area contributed by atoms with Gasteiger partial charge in [0.25, 0.3) is 5.91 Å². The van der Waals surface area contributed by atoms with Crippen molar-refractivity contribution in [3.05, 3.63) is 72.1 Å². The molecule has 2 aliphatic rings. The van der Waals surface area contributed by atoms with Gasteiger partial charge in [-0.2, -0.15) is 4.99 Å². The summed E-state index contributed by atoms with van der Waals surface area (Å²) >= 11 is 0. The van der Waals surface area contributed by atoms with E-state index in [2.05, 4.69) is 75.8 Å². The van der Waals surface area contributed by atoms with Gasteiger partial charge in [0.1, 0.15) is 0 Å². The van der Waals surface area contributed by atoms with E-state index in [1.54, 1.807) is 0 Å². The fourth-order valence-corrected chi connectivity index (χ4v) is 5.72. The third-order valence-electron chi connectivity index (χ3n) is 7.29. The van der Waals surface area contributed by atoms with Gasteiger partial charge in [0.2, 0.25) is 5.90 Å². The third kappa shape index (κ3) is 4.36. The minimum Gasteiger partial charge on any atom is -0.474 e.